The molecule has 3 heterocycles. The minimum atomic E-state index is -0.151. The Hall–Kier alpha value is -3.06. The number of amides is 1. The van der Waals surface area contributed by atoms with Crippen molar-refractivity contribution in [1.29, 1.82) is 0 Å². The molecule has 2 aromatic heterocycles. The molecule has 4 rings (SSSR count). The van der Waals surface area contributed by atoms with E-state index in [1.54, 1.807) is 4.90 Å². The lowest BCUT2D eigenvalue weighted by molar-refractivity contribution is 0.0624. The molecule has 0 unspecified atom stereocenters. The predicted octanol–water partition coefficient (Wildman–Crippen LogP) is 1.56. The molecule has 0 aliphatic carbocycles. The highest BCUT2D eigenvalue weighted by atomic mass is 16.2. The number of benzene rings is 1. The smallest absolute Gasteiger partial charge is 0.276 e. The van der Waals surface area contributed by atoms with Crippen molar-refractivity contribution < 1.29 is 4.79 Å². The molecule has 0 saturated carbocycles. The molecule has 2 N–H and O–H groups in total. The number of carbonyl (C=O) groups excluding carboxylic acids is 1. The van der Waals surface area contributed by atoms with Gasteiger partial charge in [0.25, 0.3) is 5.91 Å². The van der Waals surface area contributed by atoms with Gasteiger partial charge < -0.3 is 10.6 Å². The number of hydrogen-bond donors (Lipinski definition) is 1. The third-order valence-corrected chi connectivity index (χ3v) is 4.70. The maximum atomic E-state index is 12.6. The maximum absolute atomic E-state index is 12.6. The topological polar surface area (TPSA) is 88.2 Å². The molecule has 3 aromatic rings. The van der Waals surface area contributed by atoms with Crippen LogP contribution in [-0.2, 0) is 6.54 Å². The molecule has 1 amide bonds. The first-order valence-corrected chi connectivity index (χ1v) is 8.63. The molecule has 1 aliphatic heterocycles. The van der Waals surface area contributed by atoms with Gasteiger partial charge in [-0.3, -0.25) is 14.7 Å². The third-order valence-electron chi connectivity index (χ3n) is 4.70. The summed E-state index contributed by atoms with van der Waals surface area (Å²) in [6.07, 6.45) is 4.81. The normalized spacial score (nSPS) is 15.3. The quantitative estimate of drug-likeness (QED) is 0.773. The van der Waals surface area contributed by atoms with Crippen molar-refractivity contribution in [3.8, 4) is 0 Å². The number of nitrogens with two attached hydrogens (primary N) is 1. The highest BCUT2D eigenvalue weighted by Gasteiger charge is 2.25. The monoisotopic (exact) mass is 348 g/mol. The molecule has 132 valence electrons. The Kier molecular flexibility index (Phi) is 4.45. The van der Waals surface area contributed by atoms with Crippen molar-refractivity contribution in [1.82, 2.24) is 24.8 Å². The zero-order valence-electron chi connectivity index (χ0n) is 14.4. The van der Waals surface area contributed by atoms with Crippen LogP contribution < -0.4 is 5.73 Å². The SMILES string of the molecule is Nc1nccnc1C(=O)N1CCN(Cc2cccc3cccnc23)CC1. The van der Waals surface area contributed by atoms with Crippen LogP contribution in [0.1, 0.15) is 16.1 Å². The first-order valence-electron chi connectivity index (χ1n) is 8.63. The van der Waals surface area contributed by atoms with E-state index >= 15 is 0 Å². The van der Waals surface area contributed by atoms with Gasteiger partial charge in [0.15, 0.2) is 11.5 Å². The lowest BCUT2D eigenvalue weighted by Crippen LogP contribution is -2.48. The van der Waals surface area contributed by atoms with E-state index in [-0.39, 0.29) is 17.4 Å². The molecule has 0 atom stereocenters. The van der Waals surface area contributed by atoms with Crippen LogP contribution in [0.25, 0.3) is 10.9 Å². The van der Waals surface area contributed by atoms with E-state index in [4.69, 9.17) is 5.73 Å². The van der Waals surface area contributed by atoms with Gasteiger partial charge in [0.1, 0.15) is 0 Å². The van der Waals surface area contributed by atoms with E-state index in [9.17, 15) is 4.79 Å². The Morgan fingerprint density at radius 3 is 2.54 bits per heavy atom. The third kappa shape index (κ3) is 3.21. The summed E-state index contributed by atoms with van der Waals surface area (Å²) in [6.45, 7) is 3.72. The van der Waals surface area contributed by atoms with Gasteiger partial charge in [0.2, 0.25) is 0 Å². The number of nitrogen functional groups attached to an aromatic ring is 1. The fourth-order valence-corrected chi connectivity index (χ4v) is 3.31. The molecule has 1 aromatic carbocycles. The van der Waals surface area contributed by atoms with Gasteiger partial charge in [0.05, 0.1) is 5.52 Å². The zero-order valence-corrected chi connectivity index (χ0v) is 14.4. The number of fused-ring (bicyclic) bond motifs is 1. The van der Waals surface area contributed by atoms with Crippen LogP contribution in [-0.4, -0.2) is 56.8 Å². The molecule has 1 saturated heterocycles. The molecule has 7 heteroatoms. The number of piperazine rings is 1. The second-order valence-electron chi connectivity index (χ2n) is 6.35. The number of hydrogen-bond acceptors (Lipinski definition) is 6. The number of rotatable bonds is 3. The summed E-state index contributed by atoms with van der Waals surface area (Å²) >= 11 is 0. The van der Waals surface area contributed by atoms with Gasteiger partial charge in [0, 0.05) is 56.7 Å². The molecule has 0 spiro atoms. The molecule has 1 aliphatic rings. The van der Waals surface area contributed by atoms with Crippen molar-refractivity contribution in [2.75, 3.05) is 31.9 Å². The summed E-state index contributed by atoms with van der Waals surface area (Å²) in [5, 5.41) is 1.15. The molecule has 26 heavy (non-hydrogen) atoms. The number of carbonyl (C=O) groups is 1. The van der Waals surface area contributed by atoms with E-state index in [2.05, 4.69) is 44.1 Å². The fraction of sp³-hybridized carbons (Fsp3) is 0.263. The van der Waals surface area contributed by atoms with E-state index in [1.807, 2.05) is 12.3 Å². The second-order valence-corrected chi connectivity index (χ2v) is 6.35. The lowest BCUT2D eigenvalue weighted by Gasteiger charge is -2.34. The summed E-state index contributed by atoms with van der Waals surface area (Å²) in [7, 11) is 0. The van der Waals surface area contributed by atoms with E-state index in [0.29, 0.717) is 13.1 Å². The van der Waals surface area contributed by atoms with Crippen LogP contribution in [0.4, 0.5) is 5.82 Å². The number of pyridine rings is 1. The molecule has 7 nitrogen and oxygen atoms in total. The van der Waals surface area contributed by atoms with Crippen molar-refractivity contribution in [3.63, 3.8) is 0 Å². The van der Waals surface area contributed by atoms with Crippen LogP contribution in [0.2, 0.25) is 0 Å². The molecular weight excluding hydrogens is 328 g/mol. The average molecular weight is 348 g/mol. The van der Waals surface area contributed by atoms with E-state index in [1.165, 1.54) is 18.0 Å². The standard InChI is InChI=1S/C19H20N6O/c20-18-17(22-7-8-23-18)19(26)25-11-9-24(10-12-25)13-15-4-1-3-14-5-2-6-21-16(14)15/h1-8H,9-13H2,(H2,20,23). The van der Waals surface area contributed by atoms with Crippen molar-refractivity contribution in [2.45, 2.75) is 6.54 Å². The Morgan fingerprint density at radius 2 is 1.73 bits per heavy atom. The van der Waals surface area contributed by atoms with Gasteiger partial charge in [-0.2, -0.15) is 0 Å². The summed E-state index contributed by atoms with van der Waals surface area (Å²) < 4.78 is 0. The Morgan fingerprint density at radius 1 is 0.962 bits per heavy atom. The van der Waals surface area contributed by atoms with Crippen LogP contribution in [0, 0.1) is 0 Å². The van der Waals surface area contributed by atoms with Crippen LogP contribution >= 0.6 is 0 Å². The first kappa shape index (κ1) is 16.4. The van der Waals surface area contributed by atoms with E-state index < -0.39 is 0 Å². The molecular formula is C19H20N6O. The Bertz CT molecular complexity index is 931. The van der Waals surface area contributed by atoms with Crippen LogP contribution in [0.5, 0.6) is 0 Å². The van der Waals surface area contributed by atoms with E-state index in [0.717, 1.165) is 30.5 Å². The summed E-state index contributed by atoms with van der Waals surface area (Å²) in [5.41, 5.74) is 8.26. The summed E-state index contributed by atoms with van der Waals surface area (Å²) in [4.78, 5) is 29.2. The van der Waals surface area contributed by atoms with Crippen molar-refractivity contribution in [3.05, 3.63) is 60.2 Å². The van der Waals surface area contributed by atoms with Crippen LogP contribution in [0.15, 0.2) is 48.9 Å². The summed E-state index contributed by atoms with van der Waals surface area (Å²) in [6, 6.07) is 10.3. The molecule has 0 bridgehead atoms. The van der Waals surface area contributed by atoms with Gasteiger partial charge in [-0.15, -0.1) is 0 Å². The maximum Gasteiger partial charge on any atom is 0.276 e. The first-order chi connectivity index (χ1) is 12.7. The number of anilines is 1. The lowest BCUT2D eigenvalue weighted by atomic mass is 10.1. The highest BCUT2D eigenvalue weighted by Crippen LogP contribution is 2.19. The van der Waals surface area contributed by atoms with Gasteiger partial charge in [-0.05, 0) is 11.6 Å². The van der Waals surface area contributed by atoms with Gasteiger partial charge in [-0.1, -0.05) is 24.3 Å². The van der Waals surface area contributed by atoms with Gasteiger partial charge >= 0.3 is 0 Å². The number of nitrogens with zero attached hydrogens (tertiary/aromatic N) is 5. The number of aromatic nitrogens is 3. The van der Waals surface area contributed by atoms with Gasteiger partial charge in [-0.25, -0.2) is 9.97 Å². The molecule has 0 radical (unpaired) electrons. The highest BCUT2D eigenvalue weighted by molar-refractivity contribution is 5.96. The largest absolute Gasteiger partial charge is 0.382 e. The predicted molar refractivity (Wildman–Crippen MR) is 99.4 cm³/mol. The molecule has 1 fully saturated rings. The summed E-state index contributed by atoms with van der Waals surface area (Å²) in [5.74, 6) is 0.0313. The Balaban J connectivity index is 1.42. The minimum absolute atomic E-state index is 0.151. The second kappa shape index (κ2) is 7.05. The number of para-hydroxylation sites is 1. The minimum Gasteiger partial charge on any atom is -0.382 e. The fourth-order valence-electron chi connectivity index (χ4n) is 3.31. The van der Waals surface area contributed by atoms with Crippen LogP contribution in [0.3, 0.4) is 0 Å². The van der Waals surface area contributed by atoms with Crippen molar-refractivity contribution >= 4 is 22.6 Å². The zero-order chi connectivity index (χ0) is 17.9. The average Bonchev–Trinajstić information content (AvgIpc) is 2.69. The Labute approximate surface area is 151 Å². The van der Waals surface area contributed by atoms with Crippen molar-refractivity contribution in [2.24, 2.45) is 0 Å².